The first-order valence-corrected chi connectivity index (χ1v) is 5.44. The molecule has 2 N–H and O–H groups in total. The second-order valence-corrected chi connectivity index (χ2v) is 4.39. The molecule has 0 radical (unpaired) electrons. The Labute approximate surface area is 100 Å². The molecule has 0 spiro atoms. The summed E-state index contributed by atoms with van der Waals surface area (Å²) in [6.45, 7) is 1.97. The maximum atomic E-state index is 6.34. The van der Waals surface area contributed by atoms with Gasteiger partial charge in [-0.25, -0.2) is 0 Å². The average Bonchev–Trinajstić information content (AvgIpc) is 2.30. The van der Waals surface area contributed by atoms with Crippen LogP contribution >= 0.6 is 11.6 Å². The molecule has 2 nitrogen and oxygen atoms in total. The third-order valence-electron chi connectivity index (χ3n) is 2.70. The molecule has 16 heavy (non-hydrogen) atoms. The molecule has 0 aliphatic heterocycles. The van der Waals surface area contributed by atoms with Gasteiger partial charge in [0.15, 0.2) is 0 Å². The molecule has 1 aromatic heterocycles. The van der Waals surface area contributed by atoms with E-state index in [0.29, 0.717) is 5.02 Å². The zero-order valence-corrected chi connectivity index (χ0v) is 9.78. The van der Waals surface area contributed by atoms with Crippen molar-refractivity contribution in [2.24, 2.45) is 5.73 Å². The minimum atomic E-state index is -0.548. The van der Waals surface area contributed by atoms with E-state index in [4.69, 9.17) is 17.3 Å². The Balaban J connectivity index is 2.47. The van der Waals surface area contributed by atoms with Crippen LogP contribution in [0.4, 0.5) is 0 Å². The van der Waals surface area contributed by atoms with Crippen LogP contribution in [0.2, 0.25) is 5.02 Å². The Kier molecular flexibility index (Phi) is 2.95. The molecular formula is C13H13ClN2. The van der Waals surface area contributed by atoms with Crippen LogP contribution < -0.4 is 5.73 Å². The highest BCUT2D eigenvalue weighted by Crippen LogP contribution is 2.27. The summed E-state index contributed by atoms with van der Waals surface area (Å²) in [4.78, 5) is 3.99. The summed E-state index contributed by atoms with van der Waals surface area (Å²) in [6, 6.07) is 11.5. The molecule has 0 aliphatic rings. The summed E-state index contributed by atoms with van der Waals surface area (Å²) in [7, 11) is 0. The number of hydrogen-bond donors (Lipinski definition) is 1. The molecule has 1 heterocycles. The van der Waals surface area contributed by atoms with Crippen LogP contribution in [0.1, 0.15) is 18.1 Å². The summed E-state index contributed by atoms with van der Waals surface area (Å²) in [6.07, 6.45) is 3.48. The van der Waals surface area contributed by atoms with E-state index in [2.05, 4.69) is 4.98 Å². The van der Waals surface area contributed by atoms with Gasteiger partial charge in [0, 0.05) is 17.4 Å². The van der Waals surface area contributed by atoms with Gasteiger partial charge in [-0.3, -0.25) is 4.98 Å². The Morgan fingerprint density at radius 2 is 1.81 bits per heavy atom. The molecule has 0 saturated carbocycles. The van der Waals surface area contributed by atoms with Gasteiger partial charge in [0.2, 0.25) is 0 Å². The molecule has 0 fully saturated rings. The lowest BCUT2D eigenvalue weighted by molar-refractivity contribution is 0.602. The van der Waals surface area contributed by atoms with Crippen molar-refractivity contribution < 1.29 is 0 Å². The Bertz CT molecular complexity index is 480. The molecule has 0 saturated heterocycles. The first-order valence-electron chi connectivity index (χ1n) is 5.06. The maximum Gasteiger partial charge on any atom is 0.0638 e. The number of aromatic nitrogens is 1. The van der Waals surface area contributed by atoms with Crippen LogP contribution in [0.15, 0.2) is 48.8 Å². The zero-order valence-electron chi connectivity index (χ0n) is 9.02. The first-order chi connectivity index (χ1) is 7.60. The molecule has 2 aromatic rings. The fourth-order valence-corrected chi connectivity index (χ4v) is 1.87. The van der Waals surface area contributed by atoms with Crippen molar-refractivity contribution in [3.63, 3.8) is 0 Å². The van der Waals surface area contributed by atoms with E-state index >= 15 is 0 Å². The van der Waals surface area contributed by atoms with E-state index in [9.17, 15) is 0 Å². The number of rotatable bonds is 2. The Morgan fingerprint density at radius 3 is 2.44 bits per heavy atom. The average molecular weight is 233 g/mol. The van der Waals surface area contributed by atoms with Crippen LogP contribution in [-0.4, -0.2) is 4.98 Å². The van der Waals surface area contributed by atoms with Gasteiger partial charge in [0.1, 0.15) is 0 Å². The van der Waals surface area contributed by atoms with Gasteiger partial charge in [-0.1, -0.05) is 23.7 Å². The fourth-order valence-electron chi connectivity index (χ4n) is 1.68. The fraction of sp³-hybridized carbons (Fsp3) is 0.154. The number of nitrogens with two attached hydrogens (primary N) is 1. The van der Waals surface area contributed by atoms with Crippen molar-refractivity contribution in [1.29, 1.82) is 0 Å². The van der Waals surface area contributed by atoms with E-state index in [-0.39, 0.29) is 0 Å². The minimum Gasteiger partial charge on any atom is -0.318 e. The molecular weight excluding hydrogens is 220 g/mol. The van der Waals surface area contributed by atoms with Gasteiger partial charge in [0.25, 0.3) is 0 Å². The largest absolute Gasteiger partial charge is 0.318 e. The van der Waals surface area contributed by atoms with E-state index in [0.717, 1.165) is 11.1 Å². The summed E-state index contributed by atoms with van der Waals surface area (Å²) >= 11 is 5.97. The van der Waals surface area contributed by atoms with Crippen molar-refractivity contribution in [1.82, 2.24) is 4.98 Å². The highest BCUT2D eigenvalue weighted by Gasteiger charge is 2.23. The number of benzene rings is 1. The lowest BCUT2D eigenvalue weighted by Crippen LogP contribution is -2.34. The predicted octanol–water partition coefficient (Wildman–Crippen LogP) is 2.96. The molecule has 0 amide bonds. The van der Waals surface area contributed by atoms with Gasteiger partial charge >= 0.3 is 0 Å². The molecule has 0 bridgehead atoms. The monoisotopic (exact) mass is 232 g/mol. The van der Waals surface area contributed by atoms with Crippen molar-refractivity contribution in [3.8, 4) is 0 Å². The normalized spacial score (nSPS) is 14.4. The highest BCUT2D eigenvalue weighted by molar-refractivity contribution is 6.30. The minimum absolute atomic E-state index is 0.548. The van der Waals surface area contributed by atoms with E-state index < -0.39 is 5.54 Å². The SMILES string of the molecule is CC(N)(c1ccncc1)c1cccc(Cl)c1. The summed E-state index contributed by atoms with van der Waals surface area (Å²) in [5.74, 6) is 0. The van der Waals surface area contributed by atoms with Crippen LogP contribution in [0.25, 0.3) is 0 Å². The molecule has 1 unspecified atom stereocenters. The summed E-state index contributed by atoms with van der Waals surface area (Å²) < 4.78 is 0. The maximum absolute atomic E-state index is 6.34. The topological polar surface area (TPSA) is 38.9 Å². The van der Waals surface area contributed by atoms with Gasteiger partial charge in [0.05, 0.1) is 5.54 Å². The number of nitrogens with zero attached hydrogens (tertiary/aromatic N) is 1. The highest BCUT2D eigenvalue weighted by atomic mass is 35.5. The van der Waals surface area contributed by atoms with Crippen molar-refractivity contribution in [2.45, 2.75) is 12.5 Å². The summed E-state index contributed by atoms with van der Waals surface area (Å²) in [5, 5.41) is 0.697. The van der Waals surface area contributed by atoms with Crippen molar-refractivity contribution >= 4 is 11.6 Å². The lowest BCUT2D eigenvalue weighted by atomic mass is 9.86. The Morgan fingerprint density at radius 1 is 1.12 bits per heavy atom. The molecule has 82 valence electrons. The third-order valence-corrected chi connectivity index (χ3v) is 2.94. The van der Waals surface area contributed by atoms with Crippen LogP contribution in [0.5, 0.6) is 0 Å². The number of hydrogen-bond acceptors (Lipinski definition) is 2. The third kappa shape index (κ3) is 2.08. The molecule has 2 rings (SSSR count). The van der Waals surface area contributed by atoms with E-state index in [1.54, 1.807) is 12.4 Å². The standard InChI is InChI=1S/C13H13ClN2/c1-13(15,10-5-7-16-8-6-10)11-3-2-4-12(14)9-11/h2-9H,15H2,1H3. The number of halogens is 1. The number of pyridine rings is 1. The molecule has 1 aromatic carbocycles. The second kappa shape index (κ2) is 4.24. The smallest absolute Gasteiger partial charge is 0.0638 e. The van der Waals surface area contributed by atoms with Gasteiger partial charge in [-0.15, -0.1) is 0 Å². The molecule has 3 heteroatoms. The molecule has 1 atom stereocenters. The van der Waals surface area contributed by atoms with E-state index in [1.807, 2.05) is 43.3 Å². The van der Waals surface area contributed by atoms with Crippen molar-refractivity contribution in [3.05, 3.63) is 64.9 Å². The van der Waals surface area contributed by atoms with Gasteiger partial charge in [-0.05, 0) is 42.3 Å². The zero-order chi connectivity index (χ0) is 11.6. The van der Waals surface area contributed by atoms with Crippen LogP contribution in [-0.2, 0) is 5.54 Å². The van der Waals surface area contributed by atoms with Gasteiger partial charge < -0.3 is 5.73 Å². The Hall–Kier alpha value is -1.38. The quantitative estimate of drug-likeness (QED) is 0.865. The summed E-state index contributed by atoms with van der Waals surface area (Å²) in [5.41, 5.74) is 7.80. The van der Waals surface area contributed by atoms with Crippen LogP contribution in [0.3, 0.4) is 0 Å². The van der Waals surface area contributed by atoms with Crippen molar-refractivity contribution in [2.75, 3.05) is 0 Å². The predicted molar refractivity (Wildman–Crippen MR) is 66.3 cm³/mol. The second-order valence-electron chi connectivity index (χ2n) is 3.95. The van der Waals surface area contributed by atoms with Crippen LogP contribution in [0, 0.1) is 0 Å². The van der Waals surface area contributed by atoms with E-state index in [1.165, 1.54) is 0 Å². The lowest BCUT2D eigenvalue weighted by Gasteiger charge is -2.25. The first kappa shape index (κ1) is 11.1. The van der Waals surface area contributed by atoms with Gasteiger partial charge in [-0.2, -0.15) is 0 Å². The molecule has 0 aliphatic carbocycles.